The molecular weight excluding hydrogens is 660 g/mol. The molecule has 0 atom stereocenters. The van der Waals surface area contributed by atoms with Crippen molar-refractivity contribution >= 4 is 57.1 Å². The molecule has 0 bridgehead atoms. The van der Waals surface area contributed by atoms with Crippen molar-refractivity contribution in [1.29, 1.82) is 0 Å². The summed E-state index contributed by atoms with van der Waals surface area (Å²) in [5, 5.41) is 2.48. The summed E-state index contributed by atoms with van der Waals surface area (Å²) in [4.78, 5) is 40.0. The van der Waals surface area contributed by atoms with E-state index in [1.54, 1.807) is 36.4 Å². The number of imide groups is 2. The van der Waals surface area contributed by atoms with Crippen LogP contribution in [-0.2, 0) is 22.8 Å². The number of hydrogen-bond acceptors (Lipinski definition) is 6. The summed E-state index contributed by atoms with van der Waals surface area (Å²) in [7, 11) is 0. The average Bonchev–Trinajstić information content (AvgIpc) is 3.01. The van der Waals surface area contributed by atoms with Gasteiger partial charge in [0, 0.05) is 4.47 Å². The highest BCUT2D eigenvalue weighted by atomic mass is 79.9. The third kappa shape index (κ3) is 7.56. The van der Waals surface area contributed by atoms with Crippen LogP contribution in [-0.4, -0.2) is 24.5 Å². The number of rotatable bonds is 10. The van der Waals surface area contributed by atoms with Crippen molar-refractivity contribution in [3.8, 4) is 17.2 Å². The van der Waals surface area contributed by atoms with Crippen LogP contribution in [0, 0.1) is 13.8 Å². The minimum Gasteiger partial charge on any atom is -0.490 e. The zero-order valence-electron chi connectivity index (χ0n) is 24.9. The Bertz CT molecular complexity index is 1790. The predicted octanol–water partition coefficient (Wildman–Crippen LogP) is 7.94. The van der Waals surface area contributed by atoms with Crippen LogP contribution in [0.2, 0.25) is 5.02 Å². The summed E-state index contributed by atoms with van der Waals surface area (Å²) in [5.74, 6) is -0.346. The van der Waals surface area contributed by atoms with Crippen molar-refractivity contribution in [2.45, 2.75) is 34.0 Å². The third-order valence-corrected chi connectivity index (χ3v) is 7.92. The highest BCUT2D eigenvalue weighted by molar-refractivity contribution is 9.10. The Morgan fingerprint density at radius 3 is 2.20 bits per heavy atom. The zero-order valence-corrected chi connectivity index (χ0v) is 27.2. The molecule has 10 heteroatoms. The smallest absolute Gasteiger partial charge is 0.335 e. The Balaban J connectivity index is 1.35. The van der Waals surface area contributed by atoms with E-state index < -0.39 is 17.8 Å². The molecule has 4 aromatic rings. The third-order valence-electron chi connectivity index (χ3n) is 7.11. The van der Waals surface area contributed by atoms with Gasteiger partial charge in [-0.2, -0.15) is 0 Å². The quantitative estimate of drug-likeness (QED) is 0.134. The van der Waals surface area contributed by atoms with E-state index >= 15 is 0 Å². The second kappa shape index (κ2) is 14.0. The number of barbiturate groups is 1. The summed E-state index contributed by atoms with van der Waals surface area (Å²) in [6.07, 6.45) is 1.37. The maximum absolute atomic E-state index is 13.5. The molecule has 8 nitrogen and oxygen atoms in total. The lowest BCUT2D eigenvalue weighted by atomic mass is 10.1. The molecule has 0 aromatic heterocycles. The van der Waals surface area contributed by atoms with E-state index in [1.807, 2.05) is 63.2 Å². The molecule has 0 saturated carbocycles. The summed E-state index contributed by atoms with van der Waals surface area (Å²) in [6, 6.07) is 22.6. The minimum absolute atomic E-state index is 0.243. The minimum atomic E-state index is -0.853. The van der Waals surface area contributed by atoms with E-state index in [1.165, 1.54) is 11.6 Å². The van der Waals surface area contributed by atoms with Crippen LogP contribution in [0.25, 0.3) is 6.08 Å². The number of carbonyl (C=O) groups excluding carboxylic acids is 3. The summed E-state index contributed by atoms with van der Waals surface area (Å²) < 4.78 is 18.6. The largest absolute Gasteiger partial charge is 0.490 e. The van der Waals surface area contributed by atoms with Crippen LogP contribution in [0.5, 0.6) is 17.2 Å². The van der Waals surface area contributed by atoms with E-state index in [2.05, 4.69) is 21.2 Å². The van der Waals surface area contributed by atoms with Gasteiger partial charge in [0.1, 0.15) is 24.5 Å². The lowest BCUT2D eigenvalue weighted by Gasteiger charge is -2.26. The number of ether oxygens (including phenoxy) is 3. The second-order valence-corrected chi connectivity index (χ2v) is 11.7. The van der Waals surface area contributed by atoms with E-state index in [0.29, 0.717) is 36.0 Å². The normalized spacial score (nSPS) is 14.0. The fourth-order valence-electron chi connectivity index (χ4n) is 4.62. The molecule has 4 amide bonds. The first-order valence-electron chi connectivity index (χ1n) is 14.2. The van der Waals surface area contributed by atoms with Gasteiger partial charge in [-0.3, -0.25) is 14.9 Å². The number of benzene rings is 4. The standard InChI is InChI=1S/C35H30BrClN2O6/c1-4-43-31-18-25(17-30(37)32(31)45-20-24-6-5-21(2)22(3)15-24)16-29-33(40)38-35(42)39(34(29)41)27-11-13-28(14-12-27)44-19-23-7-9-26(36)10-8-23/h5-18H,4,19-20H2,1-3H3,(H,38,40,42)/b29-16+. The molecule has 0 unspecified atom stereocenters. The number of amides is 4. The zero-order chi connectivity index (χ0) is 32.1. The number of carbonyl (C=O) groups is 3. The molecule has 0 aliphatic carbocycles. The molecule has 4 aromatic carbocycles. The monoisotopic (exact) mass is 688 g/mol. The number of hydrogen-bond donors (Lipinski definition) is 1. The van der Waals surface area contributed by atoms with Crippen molar-refractivity contribution in [2.24, 2.45) is 0 Å². The topological polar surface area (TPSA) is 94.2 Å². The van der Waals surface area contributed by atoms with Crippen LogP contribution < -0.4 is 24.4 Å². The number of aryl methyl sites for hydroxylation is 2. The Kier molecular flexibility index (Phi) is 9.90. The first-order chi connectivity index (χ1) is 21.6. The highest BCUT2D eigenvalue weighted by Crippen LogP contribution is 2.38. The summed E-state index contributed by atoms with van der Waals surface area (Å²) >= 11 is 10.0. The van der Waals surface area contributed by atoms with Crippen LogP contribution in [0.3, 0.4) is 0 Å². The fraction of sp³-hybridized carbons (Fsp3) is 0.171. The lowest BCUT2D eigenvalue weighted by Crippen LogP contribution is -2.54. The number of urea groups is 1. The number of nitrogens with one attached hydrogen (secondary N) is 1. The molecule has 5 rings (SSSR count). The first-order valence-corrected chi connectivity index (χ1v) is 15.3. The van der Waals surface area contributed by atoms with Crippen LogP contribution in [0.1, 0.15) is 34.7 Å². The SMILES string of the molecule is CCOc1cc(/C=C2\C(=O)NC(=O)N(c3ccc(OCc4ccc(Br)cc4)cc3)C2=O)cc(Cl)c1OCc1ccc(C)c(C)c1. The molecular formula is C35H30BrClN2O6. The highest BCUT2D eigenvalue weighted by Gasteiger charge is 2.37. The van der Waals surface area contributed by atoms with Gasteiger partial charge in [-0.15, -0.1) is 0 Å². The van der Waals surface area contributed by atoms with Gasteiger partial charge in [-0.05, 0) is 103 Å². The van der Waals surface area contributed by atoms with Crippen molar-refractivity contribution < 1.29 is 28.6 Å². The number of anilines is 1. The molecule has 0 spiro atoms. The Labute approximate surface area is 274 Å². The van der Waals surface area contributed by atoms with Gasteiger partial charge in [-0.25, -0.2) is 9.69 Å². The van der Waals surface area contributed by atoms with Crippen molar-refractivity contribution in [2.75, 3.05) is 11.5 Å². The van der Waals surface area contributed by atoms with Gasteiger partial charge in [0.05, 0.1) is 17.3 Å². The predicted molar refractivity (Wildman–Crippen MR) is 177 cm³/mol. The van der Waals surface area contributed by atoms with Crippen molar-refractivity contribution in [3.63, 3.8) is 0 Å². The van der Waals surface area contributed by atoms with E-state index in [4.69, 9.17) is 25.8 Å². The number of nitrogens with zero attached hydrogens (tertiary/aromatic N) is 1. The van der Waals surface area contributed by atoms with Gasteiger partial charge in [0.2, 0.25) is 0 Å². The molecule has 1 aliphatic heterocycles. The fourth-order valence-corrected chi connectivity index (χ4v) is 5.16. The molecule has 1 heterocycles. The molecule has 0 radical (unpaired) electrons. The summed E-state index contributed by atoms with van der Waals surface area (Å²) in [6.45, 7) is 6.85. The maximum Gasteiger partial charge on any atom is 0.335 e. The summed E-state index contributed by atoms with van der Waals surface area (Å²) in [5.41, 5.74) is 4.74. The van der Waals surface area contributed by atoms with Gasteiger partial charge in [0.15, 0.2) is 11.5 Å². The second-order valence-electron chi connectivity index (χ2n) is 10.3. The molecule has 45 heavy (non-hydrogen) atoms. The van der Waals surface area contributed by atoms with E-state index in [0.717, 1.165) is 26.1 Å². The van der Waals surface area contributed by atoms with Gasteiger partial charge >= 0.3 is 6.03 Å². The van der Waals surface area contributed by atoms with Gasteiger partial charge < -0.3 is 14.2 Å². The molecule has 1 fully saturated rings. The van der Waals surface area contributed by atoms with Crippen molar-refractivity contribution in [3.05, 3.63) is 122 Å². The molecule has 1 aliphatic rings. The Morgan fingerprint density at radius 2 is 1.51 bits per heavy atom. The van der Waals surface area contributed by atoms with E-state index in [9.17, 15) is 14.4 Å². The van der Waals surface area contributed by atoms with Gasteiger partial charge in [0.25, 0.3) is 11.8 Å². The van der Waals surface area contributed by atoms with Crippen molar-refractivity contribution in [1.82, 2.24) is 5.32 Å². The maximum atomic E-state index is 13.5. The Morgan fingerprint density at radius 1 is 0.822 bits per heavy atom. The lowest BCUT2D eigenvalue weighted by molar-refractivity contribution is -0.122. The first kappa shape index (κ1) is 31.8. The van der Waals surface area contributed by atoms with Gasteiger partial charge in [-0.1, -0.05) is 57.9 Å². The number of halogens is 2. The van der Waals surface area contributed by atoms with Crippen LogP contribution in [0.4, 0.5) is 10.5 Å². The molecule has 230 valence electrons. The molecule has 1 saturated heterocycles. The average molecular weight is 690 g/mol. The van der Waals surface area contributed by atoms with Crippen LogP contribution in [0.15, 0.2) is 88.9 Å². The Hall–Kier alpha value is -4.60. The van der Waals surface area contributed by atoms with Crippen LogP contribution >= 0.6 is 27.5 Å². The molecule has 1 N–H and O–H groups in total. The van der Waals surface area contributed by atoms with E-state index in [-0.39, 0.29) is 22.9 Å².